The van der Waals surface area contributed by atoms with Gasteiger partial charge in [-0.15, -0.1) is 0 Å². The van der Waals surface area contributed by atoms with E-state index in [0.717, 1.165) is 5.56 Å². The van der Waals surface area contributed by atoms with Crippen LogP contribution < -0.4 is 10.6 Å². The molecule has 1 fully saturated rings. The zero-order valence-corrected chi connectivity index (χ0v) is 23.5. The van der Waals surface area contributed by atoms with Gasteiger partial charge in [0, 0.05) is 7.05 Å². The van der Waals surface area contributed by atoms with Crippen molar-refractivity contribution in [3.63, 3.8) is 0 Å². The van der Waals surface area contributed by atoms with E-state index in [1.54, 1.807) is 39.6 Å². The van der Waals surface area contributed by atoms with Gasteiger partial charge in [0.1, 0.15) is 17.7 Å². The van der Waals surface area contributed by atoms with Crippen LogP contribution in [-0.2, 0) is 29.1 Å². The molecule has 1 aliphatic heterocycles. The molecule has 0 aliphatic carbocycles. The fourth-order valence-corrected chi connectivity index (χ4v) is 3.81. The van der Waals surface area contributed by atoms with Crippen molar-refractivity contribution in [1.82, 2.24) is 15.5 Å². The zero-order valence-electron chi connectivity index (χ0n) is 23.5. The van der Waals surface area contributed by atoms with Crippen LogP contribution in [0.4, 0.5) is 4.79 Å². The second kappa shape index (κ2) is 10.4. The van der Waals surface area contributed by atoms with Crippen molar-refractivity contribution in [2.24, 2.45) is 0 Å². The van der Waals surface area contributed by atoms with E-state index < -0.39 is 53.4 Å². The molecule has 2 rings (SSSR count). The van der Waals surface area contributed by atoms with Gasteiger partial charge in [0.25, 0.3) is 0 Å². The van der Waals surface area contributed by atoms with Gasteiger partial charge in [0.05, 0.1) is 16.6 Å². The summed E-state index contributed by atoms with van der Waals surface area (Å²) in [7, 11) is 0.917. The van der Waals surface area contributed by atoms with Crippen LogP contribution in [0.5, 0.6) is 0 Å². The van der Waals surface area contributed by atoms with E-state index in [4.69, 9.17) is 14.0 Å². The highest BCUT2D eigenvalue weighted by Crippen LogP contribution is 2.44. The summed E-state index contributed by atoms with van der Waals surface area (Å²) in [6.45, 7) is 18.1. The van der Waals surface area contributed by atoms with Crippen molar-refractivity contribution < 1.29 is 28.4 Å². The first-order valence-corrected chi connectivity index (χ1v) is 12.3. The first-order valence-electron chi connectivity index (χ1n) is 12.3. The Morgan fingerprint density at radius 1 is 0.917 bits per heavy atom. The summed E-state index contributed by atoms with van der Waals surface area (Å²) >= 11 is 0. The third-order valence-corrected chi connectivity index (χ3v) is 6.95. The third kappa shape index (κ3) is 6.39. The van der Waals surface area contributed by atoms with Gasteiger partial charge in [-0.3, -0.25) is 9.59 Å². The molecule has 10 heteroatoms. The van der Waals surface area contributed by atoms with Gasteiger partial charge in [-0.1, -0.05) is 30.3 Å². The van der Waals surface area contributed by atoms with Crippen LogP contribution in [0.3, 0.4) is 0 Å². The van der Waals surface area contributed by atoms with Crippen molar-refractivity contribution in [2.45, 2.75) is 104 Å². The molecule has 200 valence electrons. The van der Waals surface area contributed by atoms with Crippen molar-refractivity contribution in [2.75, 3.05) is 7.05 Å². The number of nitrogens with one attached hydrogen (secondary N) is 2. The van der Waals surface area contributed by atoms with Gasteiger partial charge in [0.2, 0.25) is 11.8 Å². The van der Waals surface area contributed by atoms with Crippen molar-refractivity contribution in [1.29, 1.82) is 0 Å². The summed E-state index contributed by atoms with van der Waals surface area (Å²) < 4.78 is 17.9. The van der Waals surface area contributed by atoms with Gasteiger partial charge in [-0.25, -0.2) is 4.79 Å². The molecule has 3 amide bonds. The summed E-state index contributed by atoms with van der Waals surface area (Å²) in [6, 6.07) is 7.76. The number of rotatable bonds is 7. The van der Waals surface area contributed by atoms with Crippen LogP contribution in [0.25, 0.3) is 0 Å². The number of likely N-dealkylation sites (N-methyl/N-ethyl adjacent to an activating group) is 1. The summed E-state index contributed by atoms with van der Waals surface area (Å²) in [5, 5.41) is 5.18. The molecule has 36 heavy (non-hydrogen) atoms. The Bertz CT molecular complexity index is 946. The quantitative estimate of drug-likeness (QED) is 0.553. The number of alkyl carbamates (subject to hydrolysis) is 1. The third-order valence-electron chi connectivity index (χ3n) is 6.95. The highest BCUT2D eigenvalue weighted by atomic mass is 16.7. The van der Waals surface area contributed by atoms with E-state index in [1.165, 1.54) is 6.92 Å². The highest BCUT2D eigenvalue weighted by Gasteiger charge is 2.61. The molecule has 2 N–H and O–H groups in total. The number of nitrogens with zero attached hydrogens (tertiary/aromatic N) is 1. The Morgan fingerprint density at radius 3 is 1.89 bits per heavy atom. The second-order valence-corrected chi connectivity index (χ2v) is 11.6. The molecule has 0 bridgehead atoms. The maximum Gasteiger partial charge on any atom is 0.490 e. The SMILES string of the molecule is C[C@H](NC(=O)OC(C)(C)C)C(=O)N[C@@H](C)C(=O)N(C)[C@@](C)(B1OC(C)(C)C(C)(C)O1)c1ccccc1. The lowest BCUT2D eigenvalue weighted by molar-refractivity contribution is -0.138. The van der Waals surface area contributed by atoms with Crippen molar-refractivity contribution in [3.8, 4) is 0 Å². The van der Waals surface area contributed by atoms with E-state index in [-0.39, 0.29) is 5.91 Å². The molecule has 0 aromatic heterocycles. The molecule has 1 aromatic rings. The summed E-state index contributed by atoms with van der Waals surface area (Å²) in [5.41, 5.74) is -2.05. The maximum atomic E-state index is 13.6. The predicted molar refractivity (Wildman–Crippen MR) is 139 cm³/mol. The smallest absolute Gasteiger partial charge is 0.444 e. The first-order chi connectivity index (χ1) is 16.3. The molecule has 1 aromatic carbocycles. The minimum Gasteiger partial charge on any atom is -0.444 e. The lowest BCUT2D eigenvalue weighted by atomic mass is 9.60. The van der Waals surface area contributed by atoms with E-state index >= 15 is 0 Å². The molecule has 1 saturated heterocycles. The normalized spacial score (nSPS) is 20.0. The number of benzene rings is 1. The number of amides is 3. The number of ether oxygens (including phenoxy) is 1. The molecule has 1 aliphatic rings. The maximum absolute atomic E-state index is 13.6. The van der Waals surface area contributed by atoms with E-state index in [9.17, 15) is 14.4 Å². The molecule has 9 nitrogen and oxygen atoms in total. The van der Waals surface area contributed by atoms with Gasteiger partial charge < -0.3 is 29.6 Å². The number of carbonyl (C=O) groups is 3. The Balaban J connectivity index is 2.22. The van der Waals surface area contributed by atoms with E-state index in [2.05, 4.69) is 10.6 Å². The fraction of sp³-hybridized carbons (Fsp3) is 0.654. The zero-order chi connectivity index (χ0) is 27.7. The monoisotopic (exact) mass is 503 g/mol. The minimum absolute atomic E-state index is 0.339. The molecular formula is C26H42BN3O6. The molecule has 3 atom stereocenters. The molecule has 1 heterocycles. The lowest BCUT2D eigenvalue weighted by Crippen LogP contribution is -2.61. The predicted octanol–water partition coefficient (Wildman–Crippen LogP) is 3.41. The summed E-state index contributed by atoms with van der Waals surface area (Å²) in [5.74, 6) is -0.846. The second-order valence-electron chi connectivity index (χ2n) is 11.6. The standard InChI is InChI=1S/C26H42BN3O6/c1-17(29-22(33)34-23(3,4)5)20(31)28-18(2)21(32)30(11)26(10,19-15-13-12-14-16-19)27-35-24(6,7)25(8,9)36-27/h12-18H,1-11H3,(H,28,31)(H,29,33)/t17-,18-,26+/m0/s1. The molecular weight excluding hydrogens is 461 g/mol. The van der Waals surface area contributed by atoms with E-state index in [0.29, 0.717) is 0 Å². The van der Waals surface area contributed by atoms with Crippen molar-refractivity contribution >= 4 is 25.0 Å². The molecule has 0 spiro atoms. The Kier molecular flexibility index (Phi) is 8.58. The average Bonchev–Trinajstić information content (AvgIpc) is 2.98. The lowest BCUT2D eigenvalue weighted by Gasteiger charge is -2.41. The van der Waals surface area contributed by atoms with Gasteiger partial charge >= 0.3 is 13.2 Å². The van der Waals surface area contributed by atoms with Crippen LogP contribution in [0.1, 0.15) is 74.8 Å². The van der Waals surface area contributed by atoms with Crippen LogP contribution >= 0.6 is 0 Å². The highest BCUT2D eigenvalue weighted by molar-refractivity contribution is 6.50. The molecule has 0 unspecified atom stereocenters. The van der Waals surface area contributed by atoms with Gasteiger partial charge in [0.15, 0.2) is 0 Å². The van der Waals surface area contributed by atoms with Crippen LogP contribution in [0.2, 0.25) is 0 Å². The largest absolute Gasteiger partial charge is 0.490 e. The van der Waals surface area contributed by atoms with E-state index in [1.807, 2.05) is 65.0 Å². The Labute approximate surface area is 215 Å². The Morgan fingerprint density at radius 2 is 1.42 bits per heavy atom. The van der Waals surface area contributed by atoms with Crippen LogP contribution in [0.15, 0.2) is 30.3 Å². The summed E-state index contributed by atoms with van der Waals surface area (Å²) in [4.78, 5) is 39.9. The molecule has 0 saturated carbocycles. The van der Waals surface area contributed by atoms with Gasteiger partial charge in [-0.2, -0.15) is 0 Å². The number of hydrogen-bond donors (Lipinski definition) is 2. The van der Waals surface area contributed by atoms with Gasteiger partial charge in [-0.05, 0) is 74.8 Å². The summed E-state index contributed by atoms with van der Waals surface area (Å²) in [6.07, 6.45) is -0.710. The number of carbonyl (C=O) groups excluding carboxylic acids is 3. The molecule has 0 radical (unpaired) electrons. The fourth-order valence-electron chi connectivity index (χ4n) is 3.81. The van der Waals surface area contributed by atoms with Crippen LogP contribution in [-0.4, -0.2) is 65.9 Å². The first kappa shape index (κ1) is 29.6. The minimum atomic E-state index is -0.997. The van der Waals surface area contributed by atoms with Crippen LogP contribution in [0, 0.1) is 0 Å². The van der Waals surface area contributed by atoms with Crippen molar-refractivity contribution in [3.05, 3.63) is 35.9 Å². The average molecular weight is 503 g/mol. The number of hydrogen-bond acceptors (Lipinski definition) is 6. The topological polar surface area (TPSA) is 106 Å². The Hall–Kier alpha value is -2.59.